The number of hydrogen-bond acceptors (Lipinski definition) is 8. The highest BCUT2D eigenvalue weighted by molar-refractivity contribution is 7.47. The van der Waals surface area contributed by atoms with Crippen molar-refractivity contribution in [2.24, 2.45) is 0 Å². The molecule has 0 aliphatic heterocycles. The molecule has 0 spiro atoms. The Labute approximate surface area is 166 Å². The highest BCUT2D eigenvalue weighted by Gasteiger charge is 2.51. The Morgan fingerprint density at radius 1 is 0.679 bits per heavy atom. The first-order valence-corrected chi connectivity index (χ1v) is 11.8. The minimum absolute atomic E-state index is 0.0308. The van der Waals surface area contributed by atoms with Crippen LogP contribution < -0.4 is 0 Å². The number of hydrogen-bond donors (Lipinski definition) is 6. The van der Waals surface area contributed by atoms with Crippen LogP contribution in [-0.4, -0.2) is 73.7 Å². The van der Waals surface area contributed by atoms with Crippen molar-refractivity contribution >= 4 is 7.82 Å². The molecule has 0 aromatic heterocycles. The molecule has 1 rings (SSSR count). The van der Waals surface area contributed by atoms with Crippen LogP contribution in [0.4, 0.5) is 0 Å². The van der Waals surface area contributed by atoms with Gasteiger partial charge in [-0.2, -0.15) is 0 Å². The third kappa shape index (κ3) is 8.73. The highest BCUT2D eigenvalue weighted by Crippen LogP contribution is 2.47. The predicted octanol–water partition coefficient (Wildman–Crippen LogP) is 1.23. The van der Waals surface area contributed by atoms with E-state index in [1.54, 1.807) is 0 Å². The van der Waals surface area contributed by atoms with Crippen molar-refractivity contribution in [3.8, 4) is 0 Å². The quantitative estimate of drug-likeness (QED) is 0.177. The maximum absolute atomic E-state index is 12.0. The van der Waals surface area contributed by atoms with E-state index in [-0.39, 0.29) is 6.61 Å². The van der Waals surface area contributed by atoms with E-state index < -0.39 is 44.4 Å². The average Bonchev–Trinajstić information content (AvgIpc) is 2.66. The molecule has 0 amide bonds. The summed E-state index contributed by atoms with van der Waals surface area (Å²) in [6.45, 7) is 2.16. The first kappa shape index (κ1) is 25.9. The Morgan fingerprint density at radius 3 is 1.54 bits per heavy atom. The molecule has 9 nitrogen and oxygen atoms in total. The molecule has 0 radical (unpaired) electrons. The molecule has 0 aromatic rings. The van der Waals surface area contributed by atoms with Gasteiger partial charge in [-0.15, -0.1) is 0 Å². The van der Waals surface area contributed by atoms with E-state index in [9.17, 15) is 35.0 Å². The zero-order valence-electron chi connectivity index (χ0n) is 16.6. The van der Waals surface area contributed by atoms with Crippen LogP contribution >= 0.6 is 7.82 Å². The summed E-state index contributed by atoms with van der Waals surface area (Å²) in [5, 5.41) is 48.4. The molecular formula is C18H37O9P. The number of phosphoric acid groups is 1. The maximum Gasteiger partial charge on any atom is 0.472 e. The van der Waals surface area contributed by atoms with E-state index >= 15 is 0 Å². The lowest BCUT2D eigenvalue weighted by atomic mass is 9.85. The van der Waals surface area contributed by atoms with Gasteiger partial charge in [-0.3, -0.25) is 9.05 Å². The largest absolute Gasteiger partial charge is 0.472 e. The molecule has 1 aliphatic rings. The second kappa shape index (κ2) is 13.3. The minimum atomic E-state index is -4.61. The summed E-state index contributed by atoms with van der Waals surface area (Å²) < 4.78 is 21.6. The summed E-state index contributed by atoms with van der Waals surface area (Å²) in [5.74, 6) is 0. The Morgan fingerprint density at radius 2 is 1.07 bits per heavy atom. The van der Waals surface area contributed by atoms with E-state index in [4.69, 9.17) is 9.05 Å². The van der Waals surface area contributed by atoms with E-state index in [1.807, 2.05) is 0 Å². The SMILES string of the molecule is CCCCCCCCCCCCOP(=O)(O)OC1[C@@H](O)[C@H](O)C(O)[C@H](O)[C@@H]1O. The summed E-state index contributed by atoms with van der Waals surface area (Å²) in [6, 6.07) is 0. The van der Waals surface area contributed by atoms with Crippen molar-refractivity contribution in [1.29, 1.82) is 0 Å². The molecule has 1 aliphatic carbocycles. The number of aliphatic hydroxyl groups is 5. The van der Waals surface area contributed by atoms with Crippen LogP contribution in [0.15, 0.2) is 0 Å². The summed E-state index contributed by atoms with van der Waals surface area (Å²) in [4.78, 5) is 9.75. The van der Waals surface area contributed by atoms with Gasteiger partial charge in [0, 0.05) is 0 Å². The van der Waals surface area contributed by atoms with Crippen LogP contribution in [0.25, 0.3) is 0 Å². The van der Waals surface area contributed by atoms with Gasteiger partial charge in [-0.05, 0) is 6.42 Å². The third-order valence-corrected chi connectivity index (χ3v) is 6.10. The highest BCUT2D eigenvalue weighted by atomic mass is 31.2. The lowest BCUT2D eigenvalue weighted by Crippen LogP contribution is -2.64. The summed E-state index contributed by atoms with van der Waals surface area (Å²) in [7, 11) is -4.61. The lowest BCUT2D eigenvalue weighted by molar-refractivity contribution is -0.220. The topological polar surface area (TPSA) is 157 Å². The second-order valence-electron chi connectivity index (χ2n) is 7.51. The molecule has 168 valence electrons. The van der Waals surface area contributed by atoms with E-state index in [1.165, 1.54) is 38.5 Å². The van der Waals surface area contributed by atoms with Gasteiger partial charge in [0.25, 0.3) is 0 Å². The molecule has 0 saturated heterocycles. The van der Waals surface area contributed by atoms with E-state index in [2.05, 4.69) is 6.92 Å². The third-order valence-electron chi connectivity index (χ3n) is 5.08. The second-order valence-corrected chi connectivity index (χ2v) is 8.91. The van der Waals surface area contributed by atoms with Crippen LogP contribution in [-0.2, 0) is 13.6 Å². The normalized spacial score (nSPS) is 33.0. The fourth-order valence-electron chi connectivity index (χ4n) is 3.28. The zero-order valence-corrected chi connectivity index (χ0v) is 17.5. The molecule has 0 heterocycles. The molecule has 10 heteroatoms. The lowest BCUT2D eigenvalue weighted by Gasteiger charge is -2.41. The Bertz CT molecular complexity index is 448. The van der Waals surface area contributed by atoms with E-state index in [0.717, 1.165) is 19.3 Å². The van der Waals surface area contributed by atoms with Crippen molar-refractivity contribution in [2.45, 2.75) is 108 Å². The van der Waals surface area contributed by atoms with Crippen molar-refractivity contribution in [1.82, 2.24) is 0 Å². The number of aliphatic hydroxyl groups excluding tert-OH is 5. The van der Waals surface area contributed by atoms with Gasteiger partial charge >= 0.3 is 7.82 Å². The van der Waals surface area contributed by atoms with Gasteiger partial charge in [-0.25, -0.2) is 4.57 Å². The van der Waals surface area contributed by atoms with Gasteiger partial charge in [0.05, 0.1) is 6.61 Å². The van der Waals surface area contributed by atoms with Gasteiger partial charge in [0.2, 0.25) is 0 Å². The molecule has 28 heavy (non-hydrogen) atoms. The standard InChI is InChI=1S/C18H37O9P/c1-2-3-4-5-6-7-8-9-10-11-12-26-28(24,25)27-18-16(22)14(20)13(19)15(21)17(18)23/h13-23H,2-12H2,1H3,(H,24,25)/t13?,14-,15+,16-,17-,18?/m0/s1. The zero-order chi connectivity index (χ0) is 21.2. The van der Waals surface area contributed by atoms with Gasteiger partial charge in [0.15, 0.2) is 0 Å². The van der Waals surface area contributed by atoms with Crippen LogP contribution in [0.2, 0.25) is 0 Å². The number of unbranched alkanes of at least 4 members (excludes halogenated alkanes) is 9. The molecular weight excluding hydrogens is 391 g/mol. The average molecular weight is 428 g/mol. The van der Waals surface area contributed by atoms with Crippen LogP contribution in [0.3, 0.4) is 0 Å². The number of phosphoric ester groups is 1. The predicted molar refractivity (Wildman–Crippen MR) is 103 cm³/mol. The Balaban J connectivity index is 2.21. The summed E-state index contributed by atoms with van der Waals surface area (Å²) in [5.41, 5.74) is 0. The monoisotopic (exact) mass is 428 g/mol. The first-order valence-electron chi connectivity index (χ1n) is 10.3. The molecule has 7 atom stereocenters. The summed E-state index contributed by atoms with van der Waals surface area (Å²) >= 11 is 0. The van der Waals surface area contributed by atoms with Crippen LogP contribution in [0, 0.1) is 0 Å². The van der Waals surface area contributed by atoms with Gasteiger partial charge in [-0.1, -0.05) is 64.7 Å². The van der Waals surface area contributed by atoms with Crippen molar-refractivity contribution < 1.29 is 44.0 Å². The van der Waals surface area contributed by atoms with Gasteiger partial charge < -0.3 is 30.4 Å². The molecule has 6 N–H and O–H groups in total. The first-order chi connectivity index (χ1) is 13.2. The van der Waals surface area contributed by atoms with Crippen LogP contribution in [0.1, 0.15) is 71.1 Å². The van der Waals surface area contributed by atoms with E-state index in [0.29, 0.717) is 6.42 Å². The Kier molecular flexibility index (Phi) is 12.3. The van der Waals surface area contributed by atoms with Crippen molar-refractivity contribution in [3.05, 3.63) is 0 Å². The maximum atomic E-state index is 12.0. The van der Waals surface area contributed by atoms with Gasteiger partial charge in [0.1, 0.15) is 36.6 Å². The van der Waals surface area contributed by atoms with Crippen LogP contribution in [0.5, 0.6) is 0 Å². The smallest absolute Gasteiger partial charge is 0.387 e. The van der Waals surface area contributed by atoms with Crippen molar-refractivity contribution in [2.75, 3.05) is 6.61 Å². The Hall–Kier alpha value is -0.0900. The molecule has 1 saturated carbocycles. The minimum Gasteiger partial charge on any atom is -0.387 e. The number of rotatable bonds is 14. The molecule has 3 unspecified atom stereocenters. The molecule has 0 aromatic carbocycles. The fourth-order valence-corrected chi connectivity index (χ4v) is 4.25. The molecule has 1 fully saturated rings. The summed E-state index contributed by atoms with van der Waals surface area (Å²) in [6.07, 6.45) is 0.0733. The van der Waals surface area contributed by atoms with Crippen molar-refractivity contribution in [3.63, 3.8) is 0 Å². The fraction of sp³-hybridized carbons (Fsp3) is 1.00. The molecule has 0 bridgehead atoms.